The molecular formula is C14H12N2O2. The van der Waals surface area contributed by atoms with Crippen molar-refractivity contribution < 1.29 is 9.53 Å². The minimum Gasteiger partial charge on any atom is -0.493 e. The van der Waals surface area contributed by atoms with Gasteiger partial charge in [-0.2, -0.15) is 4.99 Å². The van der Waals surface area contributed by atoms with E-state index in [1.807, 2.05) is 24.3 Å². The maximum Gasteiger partial charge on any atom is 0.240 e. The SMILES string of the molecule is O=C=Nc1cccc(OCCc2ccccn2)c1. The molecule has 0 spiro atoms. The van der Waals surface area contributed by atoms with Crippen molar-refractivity contribution in [2.45, 2.75) is 6.42 Å². The molecule has 0 amide bonds. The van der Waals surface area contributed by atoms with Crippen LogP contribution in [0.1, 0.15) is 5.69 Å². The summed E-state index contributed by atoms with van der Waals surface area (Å²) in [5.41, 5.74) is 1.53. The topological polar surface area (TPSA) is 51.5 Å². The molecular weight excluding hydrogens is 228 g/mol. The Hall–Kier alpha value is -2.45. The maximum atomic E-state index is 10.1. The molecule has 18 heavy (non-hydrogen) atoms. The van der Waals surface area contributed by atoms with E-state index in [9.17, 15) is 4.79 Å². The van der Waals surface area contributed by atoms with Gasteiger partial charge in [-0.3, -0.25) is 4.98 Å². The number of aliphatic imine (C=N–C) groups is 1. The first-order valence-corrected chi connectivity index (χ1v) is 5.59. The van der Waals surface area contributed by atoms with E-state index in [0.717, 1.165) is 12.1 Å². The van der Waals surface area contributed by atoms with Crippen LogP contribution < -0.4 is 4.74 Å². The predicted molar refractivity (Wildman–Crippen MR) is 67.7 cm³/mol. The summed E-state index contributed by atoms with van der Waals surface area (Å²) in [6, 6.07) is 12.8. The molecule has 1 aromatic heterocycles. The minimum absolute atomic E-state index is 0.533. The summed E-state index contributed by atoms with van der Waals surface area (Å²) in [6.45, 7) is 0.533. The van der Waals surface area contributed by atoms with E-state index in [4.69, 9.17) is 4.74 Å². The van der Waals surface area contributed by atoms with E-state index in [1.54, 1.807) is 24.4 Å². The van der Waals surface area contributed by atoms with Crippen molar-refractivity contribution in [2.75, 3.05) is 6.61 Å². The van der Waals surface area contributed by atoms with E-state index in [-0.39, 0.29) is 0 Å². The van der Waals surface area contributed by atoms with Gasteiger partial charge >= 0.3 is 0 Å². The first-order valence-electron chi connectivity index (χ1n) is 5.59. The summed E-state index contributed by atoms with van der Waals surface area (Å²) in [5.74, 6) is 0.683. The van der Waals surface area contributed by atoms with Crippen LogP contribution in [0.25, 0.3) is 0 Å². The second kappa shape index (κ2) is 6.33. The third-order valence-electron chi connectivity index (χ3n) is 2.35. The van der Waals surface area contributed by atoms with Gasteiger partial charge in [-0.05, 0) is 24.3 Å². The highest BCUT2D eigenvalue weighted by atomic mass is 16.5. The van der Waals surface area contributed by atoms with Crippen molar-refractivity contribution in [3.05, 3.63) is 54.4 Å². The van der Waals surface area contributed by atoms with Crippen molar-refractivity contribution in [3.8, 4) is 5.75 Å². The third-order valence-corrected chi connectivity index (χ3v) is 2.35. The fourth-order valence-corrected chi connectivity index (χ4v) is 1.52. The van der Waals surface area contributed by atoms with E-state index in [2.05, 4.69) is 9.98 Å². The summed E-state index contributed by atoms with van der Waals surface area (Å²) in [4.78, 5) is 17.9. The normalized spacial score (nSPS) is 9.56. The molecule has 0 aliphatic rings. The Morgan fingerprint density at radius 2 is 2.17 bits per heavy atom. The number of carbonyl (C=O) groups excluding carboxylic acids is 1. The molecule has 1 heterocycles. The average molecular weight is 240 g/mol. The van der Waals surface area contributed by atoms with Crippen LogP contribution in [0.15, 0.2) is 53.7 Å². The van der Waals surface area contributed by atoms with Crippen molar-refractivity contribution in [3.63, 3.8) is 0 Å². The molecule has 2 rings (SSSR count). The zero-order chi connectivity index (χ0) is 12.6. The first kappa shape index (κ1) is 12.0. The first-order chi connectivity index (χ1) is 8.88. The molecule has 0 atom stereocenters. The molecule has 0 aliphatic carbocycles. The van der Waals surface area contributed by atoms with Crippen molar-refractivity contribution in [1.29, 1.82) is 0 Å². The number of pyridine rings is 1. The maximum absolute atomic E-state index is 10.1. The number of hydrogen-bond acceptors (Lipinski definition) is 4. The van der Waals surface area contributed by atoms with Gasteiger partial charge in [0.2, 0.25) is 6.08 Å². The summed E-state index contributed by atoms with van der Waals surface area (Å²) in [6.07, 6.45) is 4.00. The molecule has 0 fully saturated rings. The summed E-state index contributed by atoms with van der Waals surface area (Å²) in [5, 5.41) is 0. The molecule has 0 radical (unpaired) electrons. The molecule has 0 N–H and O–H groups in total. The van der Waals surface area contributed by atoms with E-state index in [1.165, 1.54) is 6.08 Å². The quantitative estimate of drug-likeness (QED) is 0.596. The van der Waals surface area contributed by atoms with Gasteiger partial charge in [0.05, 0.1) is 12.3 Å². The van der Waals surface area contributed by atoms with Gasteiger partial charge in [0.15, 0.2) is 0 Å². The van der Waals surface area contributed by atoms with Gasteiger partial charge in [0.1, 0.15) is 5.75 Å². The fourth-order valence-electron chi connectivity index (χ4n) is 1.52. The number of isocyanates is 1. The highest BCUT2D eigenvalue weighted by molar-refractivity contribution is 5.51. The van der Waals surface area contributed by atoms with Crippen molar-refractivity contribution >= 4 is 11.8 Å². The predicted octanol–water partition coefficient (Wildman–Crippen LogP) is 2.67. The lowest BCUT2D eigenvalue weighted by atomic mass is 10.3. The summed E-state index contributed by atoms with van der Waals surface area (Å²) >= 11 is 0. The Morgan fingerprint density at radius 1 is 1.22 bits per heavy atom. The van der Waals surface area contributed by atoms with E-state index >= 15 is 0 Å². The smallest absolute Gasteiger partial charge is 0.240 e. The summed E-state index contributed by atoms with van der Waals surface area (Å²) < 4.78 is 5.57. The van der Waals surface area contributed by atoms with Crippen LogP contribution in [0.4, 0.5) is 5.69 Å². The molecule has 4 nitrogen and oxygen atoms in total. The van der Waals surface area contributed by atoms with E-state index < -0.39 is 0 Å². The van der Waals surface area contributed by atoms with Crippen LogP contribution in [0.2, 0.25) is 0 Å². The molecule has 0 bridgehead atoms. The molecule has 1 aromatic carbocycles. The highest BCUT2D eigenvalue weighted by Crippen LogP contribution is 2.19. The fraction of sp³-hybridized carbons (Fsp3) is 0.143. The zero-order valence-corrected chi connectivity index (χ0v) is 9.74. The van der Waals surface area contributed by atoms with Gasteiger partial charge < -0.3 is 4.74 Å². The number of ether oxygens (including phenoxy) is 1. The highest BCUT2D eigenvalue weighted by Gasteiger charge is 1.97. The van der Waals surface area contributed by atoms with Crippen molar-refractivity contribution in [1.82, 2.24) is 4.98 Å². The Bertz CT molecular complexity index is 549. The van der Waals surface area contributed by atoms with Gasteiger partial charge in [-0.1, -0.05) is 12.1 Å². The minimum atomic E-state index is 0.533. The standard InChI is InChI=1S/C14H12N2O2/c17-11-16-13-5-3-6-14(10-13)18-9-7-12-4-1-2-8-15-12/h1-6,8,10H,7,9H2. The van der Waals surface area contributed by atoms with Gasteiger partial charge in [0, 0.05) is 24.4 Å². The molecule has 4 heteroatoms. The zero-order valence-electron chi connectivity index (χ0n) is 9.74. The molecule has 90 valence electrons. The van der Waals surface area contributed by atoms with Gasteiger partial charge in [0.25, 0.3) is 0 Å². The van der Waals surface area contributed by atoms with Gasteiger partial charge in [-0.25, -0.2) is 4.79 Å². The van der Waals surface area contributed by atoms with Crippen molar-refractivity contribution in [2.24, 2.45) is 4.99 Å². The van der Waals surface area contributed by atoms with Crippen LogP contribution >= 0.6 is 0 Å². The molecule has 0 saturated heterocycles. The number of benzene rings is 1. The van der Waals surface area contributed by atoms with Crippen LogP contribution in [-0.4, -0.2) is 17.7 Å². The van der Waals surface area contributed by atoms with E-state index in [0.29, 0.717) is 18.0 Å². The number of aromatic nitrogens is 1. The largest absolute Gasteiger partial charge is 0.493 e. The van der Waals surface area contributed by atoms with Crippen LogP contribution in [-0.2, 0) is 11.2 Å². The molecule has 0 unspecified atom stereocenters. The lowest BCUT2D eigenvalue weighted by Gasteiger charge is -2.05. The molecule has 0 aliphatic heterocycles. The van der Waals surface area contributed by atoms with Crippen LogP contribution in [0.3, 0.4) is 0 Å². The number of rotatable bonds is 5. The third kappa shape index (κ3) is 3.54. The lowest BCUT2D eigenvalue weighted by Crippen LogP contribution is -2.02. The monoisotopic (exact) mass is 240 g/mol. The summed E-state index contributed by atoms with van der Waals surface area (Å²) in [7, 11) is 0. The average Bonchev–Trinajstić information content (AvgIpc) is 2.41. The number of hydrogen-bond donors (Lipinski definition) is 0. The molecule has 0 saturated carbocycles. The Balaban J connectivity index is 1.90. The Morgan fingerprint density at radius 3 is 2.94 bits per heavy atom. The Labute approximate surface area is 105 Å². The molecule has 2 aromatic rings. The second-order valence-electron chi connectivity index (χ2n) is 3.62. The lowest BCUT2D eigenvalue weighted by molar-refractivity contribution is 0.320. The number of nitrogens with zero attached hydrogens (tertiary/aromatic N) is 2. The van der Waals surface area contributed by atoms with Crippen LogP contribution in [0.5, 0.6) is 5.75 Å². The Kier molecular flexibility index (Phi) is 4.22. The van der Waals surface area contributed by atoms with Gasteiger partial charge in [-0.15, -0.1) is 0 Å². The van der Waals surface area contributed by atoms with Crippen LogP contribution in [0, 0.1) is 0 Å². The second-order valence-corrected chi connectivity index (χ2v) is 3.62.